The molecule has 0 aliphatic heterocycles. The minimum atomic E-state index is -0.0279. The molecular weight excluding hydrogens is 282 g/mol. The highest BCUT2D eigenvalue weighted by molar-refractivity contribution is 7.12. The van der Waals surface area contributed by atoms with Crippen molar-refractivity contribution in [3.8, 4) is 5.75 Å². The van der Waals surface area contributed by atoms with Gasteiger partial charge in [-0.3, -0.25) is 4.79 Å². The Bertz CT molecular complexity index is 766. The molecule has 0 unspecified atom stereocenters. The number of hydrogen-bond acceptors (Lipinski definition) is 3. The summed E-state index contributed by atoms with van der Waals surface area (Å²) in [5.41, 5.74) is 1.08. The van der Waals surface area contributed by atoms with Crippen molar-refractivity contribution in [1.82, 2.24) is 5.32 Å². The summed E-state index contributed by atoms with van der Waals surface area (Å²) in [6.07, 6.45) is 0. The van der Waals surface area contributed by atoms with Gasteiger partial charge in [-0.05, 0) is 46.0 Å². The summed E-state index contributed by atoms with van der Waals surface area (Å²) in [6, 6.07) is 15.8. The maximum absolute atomic E-state index is 11.9. The first-order chi connectivity index (χ1) is 10.3. The predicted octanol–water partition coefficient (Wildman–Crippen LogP) is 3.84. The molecule has 3 nitrogen and oxygen atoms in total. The number of nitrogens with one attached hydrogen (secondary N) is 1. The Balaban J connectivity index is 1.74. The average molecular weight is 297 g/mol. The second-order valence-corrected chi connectivity index (χ2v) is 5.66. The van der Waals surface area contributed by atoms with E-state index in [0.29, 0.717) is 6.54 Å². The maximum atomic E-state index is 11.9. The number of fused-ring (bicyclic) bond motifs is 1. The second-order valence-electron chi connectivity index (χ2n) is 4.71. The molecule has 1 aromatic heterocycles. The van der Waals surface area contributed by atoms with E-state index in [9.17, 15) is 4.79 Å². The van der Waals surface area contributed by atoms with E-state index in [-0.39, 0.29) is 5.91 Å². The van der Waals surface area contributed by atoms with Crippen LogP contribution in [0, 0.1) is 0 Å². The van der Waals surface area contributed by atoms with Gasteiger partial charge in [-0.2, -0.15) is 0 Å². The molecule has 0 aliphatic rings. The molecule has 0 bridgehead atoms. The van der Waals surface area contributed by atoms with Crippen LogP contribution in [0.5, 0.6) is 5.75 Å². The van der Waals surface area contributed by atoms with Gasteiger partial charge in [0.25, 0.3) is 5.91 Å². The van der Waals surface area contributed by atoms with Gasteiger partial charge in [-0.15, -0.1) is 11.3 Å². The summed E-state index contributed by atoms with van der Waals surface area (Å²) in [5.74, 6) is 0.820. The van der Waals surface area contributed by atoms with E-state index in [1.165, 1.54) is 11.3 Å². The van der Waals surface area contributed by atoms with Crippen LogP contribution in [0.2, 0.25) is 0 Å². The van der Waals surface area contributed by atoms with E-state index < -0.39 is 0 Å². The molecule has 0 aliphatic carbocycles. The molecule has 1 N–H and O–H groups in total. The van der Waals surface area contributed by atoms with Gasteiger partial charge in [0.15, 0.2) is 0 Å². The largest absolute Gasteiger partial charge is 0.497 e. The predicted molar refractivity (Wildman–Crippen MR) is 86.0 cm³/mol. The quantitative estimate of drug-likeness (QED) is 0.794. The summed E-state index contributed by atoms with van der Waals surface area (Å²) >= 11 is 1.45. The van der Waals surface area contributed by atoms with E-state index in [4.69, 9.17) is 4.74 Å². The summed E-state index contributed by atoms with van der Waals surface area (Å²) in [5, 5.41) is 7.10. The number of ether oxygens (including phenoxy) is 1. The Morgan fingerprint density at radius 3 is 2.71 bits per heavy atom. The Morgan fingerprint density at radius 1 is 1.14 bits per heavy atom. The van der Waals surface area contributed by atoms with Crippen molar-refractivity contribution >= 4 is 28.0 Å². The van der Waals surface area contributed by atoms with Crippen LogP contribution in [-0.2, 0) is 6.54 Å². The summed E-state index contributed by atoms with van der Waals surface area (Å²) in [4.78, 5) is 12.6. The molecule has 4 heteroatoms. The van der Waals surface area contributed by atoms with Gasteiger partial charge >= 0.3 is 0 Å². The van der Waals surface area contributed by atoms with Crippen molar-refractivity contribution in [3.05, 3.63) is 64.4 Å². The molecule has 1 amide bonds. The second kappa shape index (κ2) is 5.97. The third kappa shape index (κ3) is 3.06. The molecule has 0 spiro atoms. The van der Waals surface area contributed by atoms with Crippen LogP contribution in [0.3, 0.4) is 0 Å². The fraction of sp³-hybridized carbons (Fsp3) is 0.118. The van der Waals surface area contributed by atoms with Crippen LogP contribution in [0.4, 0.5) is 0 Å². The minimum Gasteiger partial charge on any atom is -0.497 e. The minimum absolute atomic E-state index is 0.0279. The third-order valence-corrected chi connectivity index (χ3v) is 4.18. The van der Waals surface area contributed by atoms with Crippen molar-refractivity contribution in [2.45, 2.75) is 6.54 Å². The number of benzene rings is 2. The summed E-state index contributed by atoms with van der Waals surface area (Å²) < 4.78 is 5.22. The van der Waals surface area contributed by atoms with Gasteiger partial charge in [0.1, 0.15) is 5.75 Å². The molecular formula is C17H15NO2S. The van der Waals surface area contributed by atoms with Gasteiger partial charge in [0.05, 0.1) is 12.0 Å². The SMILES string of the molecule is COc1ccc2cc(CNC(=O)c3cccs3)ccc2c1. The molecule has 0 saturated heterocycles. The fourth-order valence-corrected chi connectivity index (χ4v) is 2.83. The lowest BCUT2D eigenvalue weighted by Gasteiger charge is -2.07. The van der Waals surface area contributed by atoms with Gasteiger partial charge in [-0.1, -0.05) is 24.3 Å². The zero-order chi connectivity index (χ0) is 14.7. The first kappa shape index (κ1) is 13.6. The zero-order valence-electron chi connectivity index (χ0n) is 11.6. The average Bonchev–Trinajstić information content (AvgIpc) is 3.06. The van der Waals surface area contributed by atoms with Crippen molar-refractivity contribution in [3.63, 3.8) is 0 Å². The number of carbonyl (C=O) groups excluding carboxylic acids is 1. The van der Waals surface area contributed by atoms with Crippen LogP contribution in [0.25, 0.3) is 10.8 Å². The molecule has 106 valence electrons. The maximum Gasteiger partial charge on any atom is 0.261 e. The molecule has 2 aromatic carbocycles. The van der Waals surface area contributed by atoms with E-state index in [2.05, 4.69) is 11.4 Å². The summed E-state index contributed by atoms with van der Waals surface area (Å²) in [6.45, 7) is 0.526. The zero-order valence-corrected chi connectivity index (χ0v) is 12.4. The molecule has 0 radical (unpaired) electrons. The van der Waals surface area contributed by atoms with Gasteiger partial charge in [0, 0.05) is 6.54 Å². The molecule has 3 aromatic rings. The molecule has 0 fully saturated rings. The van der Waals surface area contributed by atoms with Gasteiger partial charge in [0.2, 0.25) is 0 Å². The van der Waals surface area contributed by atoms with Gasteiger partial charge < -0.3 is 10.1 Å². The van der Waals surface area contributed by atoms with Crippen LogP contribution in [0.15, 0.2) is 53.9 Å². The highest BCUT2D eigenvalue weighted by Gasteiger charge is 2.06. The van der Waals surface area contributed by atoms with E-state index in [1.54, 1.807) is 7.11 Å². The van der Waals surface area contributed by atoms with Crippen LogP contribution in [-0.4, -0.2) is 13.0 Å². The van der Waals surface area contributed by atoms with E-state index in [1.807, 2.05) is 47.8 Å². The highest BCUT2D eigenvalue weighted by Crippen LogP contribution is 2.21. The lowest BCUT2D eigenvalue weighted by atomic mass is 10.1. The fourth-order valence-electron chi connectivity index (χ4n) is 2.19. The monoisotopic (exact) mass is 297 g/mol. The number of methoxy groups -OCH3 is 1. The normalized spacial score (nSPS) is 10.5. The Hall–Kier alpha value is -2.33. The number of carbonyl (C=O) groups is 1. The van der Waals surface area contributed by atoms with Crippen molar-refractivity contribution in [2.75, 3.05) is 7.11 Å². The van der Waals surface area contributed by atoms with Crippen molar-refractivity contribution in [2.24, 2.45) is 0 Å². The molecule has 21 heavy (non-hydrogen) atoms. The van der Waals surface area contributed by atoms with Crippen molar-refractivity contribution < 1.29 is 9.53 Å². The van der Waals surface area contributed by atoms with E-state index in [0.717, 1.165) is 27.0 Å². The summed E-state index contributed by atoms with van der Waals surface area (Å²) in [7, 11) is 1.66. The van der Waals surface area contributed by atoms with Crippen LogP contribution >= 0.6 is 11.3 Å². The van der Waals surface area contributed by atoms with Gasteiger partial charge in [-0.25, -0.2) is 0 Å². The lowest BCUT2D eigenvalue weighted by Crippen LogP contribution is -2.21. The first-order valence-electron chi connectivity index (χ1n) is 6.64. The molecule has 3 rings (SSSR count). The highest BCUT2D eigenvalue weighted by atomic mass is 32.1. The van der Waals surface area contributed by atoms with Crippen LogP contribution in [0.1, 0.15) is 15.2 Å². The Morgan fingerprint density at radius 2 is 1.95 bits per heavy atom. The third-order valence-electron chi connectivity index (χ3n) is 3.31. The topological polar surface area (TPSA) is 38.3 Å². The Kier molecular flexibility index (Phi) is 3.88. The van der Waals surface area contributed by atoms with Crippen molar-refractivity contribution in [1.29, 1.82) is 0 Å². The number of hydrogen-bond donors (Lipinski definition) is 1. The molecule has 1 heterocycles. The smallest absolute Gasteiger partial charge is 0.261 e. The standard InChI is InChI=1S/C17H15NO2S/c1-20-15-7-6-13-9-12(4-5-14(13)10-15)11-18-17(19)16-3-2-8-21-16/h2-10H,11H2,1H3,(H,18,19). The van der Waals surface area contributed by atoms with Crippen LogP contribution < -0.4 is 10.1 Å². The number of thiophene rings is 1. The Labute approximate surface area is 127 Å². The number of rotatable bonds is 4. The number of amides is 1. The molecule has 0 saturated carbocycles. The molecule has 0 atom stereocenters. The van der Waals surface area contributed by atoms with E-state index >= 15 is 0 Å². The first-order valence-corrected chi connectivity index (χ1v) is 7.52. The lowest BCUT2D eigenvalue weighted by molar-refractivity contribution is 0.0955.